The summed E-state index contributed by atoms with van der Waals surface area (Å²) < 4.78 is 41.5. The summed E-state index contributed by atoms with van der Waals surface area (Å²) in [5.74, 6) is 1.82. The van der Waals surface area contributed by atoms with E-state index in [1.165, 1.54) is 20.3 Å². The Morgan fingerprint density at radius 3 is 2.68 bits per heavy atom. The molecule has 8 heteroatoms. The first-order valence-electron chi connectivity index (χ1n) is 10.7. The van der Waals surface area contributed by atoms with Crippen LogP contribution >= 0.6 is 0 Å². The highest BCUT2D eigenvalue weighted by atomic mass is 32.2. The molecule has 166 valence electrons. The van der Waals surface area contributed by atoms with E-state index in [2.05, 4.69) is 17.6 Å². The zero-order valence-corrected chi connectivity index (χ0v) is 19.1. The number of ether oxygens (including phenoxy) is 2. The lowest BCUT2D eigenvalue weighted by molar-refractivity contribution is 0.303. The van der Waals surface area contributed by atoms with Crippen LogP contribution in [0.5, 0.6) is 11.5 Å². The van der Waals surface area contributed by atoms with Crippen LogP contribution in [0.1, 0.15) is 37.9 Å². The van der Waals surface area contributed by atoms with Crippen molar-refractivity contribution in [2.75, 3.05) is 27.3 Å². The van der Waals surface area contributed by atoms with E-state index >= 15 is 0 Å². The van der Waals surface area contributed by atoms with Crippen molar-refractivity contribution >= 4 is 21.1 Å². The van der Waals surface area contributed by atoms with E-state index in [4.69, 9.17) is 14.5 Å². The van der Waals surface area contributed by atoms with Gasteiger partial charge in [0.05, 0.1) is 25.3 Å². The molecule has 31 heavy (non-hydrogen) atoms. The standard InChI is InChI=1S/C23H29N3O4S/c1-4-13-26-20-10-6-5-9-19(20)24-23(26)17-8-7-14-25(16-17)31(27,28)22-15-18(29-2)11-12-21(22)30-3/h5-6,9-12,15,17H,4,7-8,13-14,16H2,1-3H3. The molecule has 1 atom stereocenters. The molecule has 2 heterocycles. The van der Waals surface area contributed by atoms with E-state index in [-0.39, 0.29) is 10.8 Å². The zero-order valence-electron chi connectivity index (χ0n) is 18.2. The second-order valence-corrected chi connectivity index (χ2v) is 9.74. The minimum Gasteiger partial charge on any atom is -0.497 e. The molecule has 1 aliphatic heterocycles. The van der Waals surface area contributed by atoms with E-state index < -0.39 is 10.0 Å². The van der Waals surface area contributed by atoms with Gasteiger partial charge >= 0.3 is 0 Å². The summed E-state index contributed by atoms with van der Waals surface area (Å²) in [6, 6.07) is 13.0. The van der Waals surface area contributed by atoms with Crippen LogP contribution in [0.4, 0.5) is 0 Å². The minimum atomic E-state index is -3.74. The number of imidazole rings is 1. The molecule has 0 spiro atoms. The van der Waals surface area contributed by atoms with Crippen LogP contribution in [0.3, 0.4) is 0 Å². The predicted molar refractivity (Wildman–Crippen MR) is 120 cm³/mol. The first-order valence-corrected chi connectivity index (χ1v) is 12.1. The van der Waals surface area contributed by atoms with Crippen molar-refractivity contribution in [3.63, 3.8) is 0 Å². The normalized spacial score (nSPS) is 17.7. The van der Waals surface area contributed by atoms with E-state index in [9.17, 15) is 8.42 Å². The first kappa shape index (κ1) is 21.6. The summed E-state index contributed by atoms with van der Waals surface area (Å²) in [5, 5.41) is 0. The maximum Gasteiger partial charge on any atom is 0.246 e. The van der Waals surface area contributed by atoms with Gasteiger partial charge in [-0.05, 0) is 43.5 Å². The Hall–Kier alpha value is -2.58. The molecule has 0 bridgehead atoms. The van der Waals surface area contributed by atoms with Gasteiger partial charge in [0.1, 0.15) is 22.2 Å². The maximum absolute atomic E-state index is 13.6. The van der Waals surface area contributed by atoms with E-state index in [1.54, 1.807) is 16.4 Å². The lowest BCUT2D eigenvalue weighted by Crippen LogP contribution is -2.39. The largest absolute Gasteiger partial charge is 0.497 e. The second kappa shape index (κ2) is 8.88. The van der Waals surface area contributed by atoms with Gasteiger partial charge in [0, 0.05) is 31.6 Å². The molecule has 1 aromatic heterocycles. The molecule has 7 nitrogen and oxygen atoms in total. The fourth-order valence-corrected chi connectivity index (χ4v) is 6.06. The molecular weight excluding hydrogens is 414 g/mol. The summed E-state index contributed by atoms with van der Waals surface area (Å²) in [4.78, 5) is 5.04. The number of aryl methyl sites for hydroxylation is 1. The smallest absolute Gasteiger partial charge is 0.246 e. The van der Waals surface area contributed by atoms with Gasteiger partial charge in [0.2, 0.25) is 10.0 Å². The molecule has 1 aliphatic rings. The third-order valence-electron chi connectivity index (χ3n) is 5.87. The fourth-order valence-electron chi connectivity index (χ4n) is 4.36. The van der Waals surface area contributed by atoms with E-state index in [1.807, 2.05) is 18.2 Å². The van der Waals surface area contributed by atoms with Crippen molar-refractivity contribution in [2.24, 2.45) is 0 Å². The van der Waals surface area contributed by atoms with Crippen molar-refractivity contribution in [2.45, 2.75) is 43.5 Å². The number of hydrogen-bond acceptors (Lipinski definition) is 5. The van der Waals surface area contributed by atoms with E-state index in [0.29, 0.717) is 24.6 Å². The van der Waals surface area contributed by atoms with Crippen LogP contribution in [0.15, 0.2) is 47.4 Å². The minimum absolute atomic E-state index is 0.0408. The van der Waals surface area contributed by atoms with Gasteiger partial charge in [0.25, 0.3) is 0 Å². The molecule has 0 aliphatic carbocycles. The topological polar surface area (TPSA) is 73.7 Å². The Bertz CT molecular complexity index is 1170. The van der Waals surface area contributed by atoms with Crippen LogP contribution in [-0.4, -0.2) is 49.6 Å². The Labute approximate surface area is 183 Å². The average Bonchev–Trinajstić information content (AvgIpc) is 3.17. The van der Waals surface area contributed by atoms with Gasteiger partial charge in [-0.15, -0.1) is 0 Å². The molecular formula is C23H29N3O4S. The number of rotatable bonds is 7. The Kier molecular flexibility index (Phi) is 6.20. The van der Waals surface area contributed by atoms with Gasteiger partial charge < -0.3 is 14.0 Å². The molecule has 1 unspecified atom stereocenters. The van der Waals surface area contributed by atoms with Gasteiger partial charge in [-0.1, -0.05) is 19.1 Å². The molecule has 3 aromatic rings. The third-order valence-corrected chi connectivity index (χ3v) is 7.76. The number of nitrogens with zero attached hydrogens (tertiary/aromatic N) is 3. The van der Waals surface area contributed by atoms with Crippen LogP contribution in [0, 0.1) is 0 Å². The number of para-hydroxylation sites is 2. The van der Waals surface area contributed by atoms with Gasteiger partial charge in [-0.25, -0.2) is 13.4 Å². The average molecular weight is 444 g/mol. The number of sulfonamides is 1. The van der Waals surface area contributed by atoms with Crippen molar-refractivity contribution in [1.29, 1.82) is 0 Å². The fraction of sp³-hybridized carbons (Fsp3) is 0.435. The summed E-state index contributed by atoms with van der Waals surface area (Å²) in [5.41, 5.74) is 2.06. The molecule has 2 aromatic carbocycles. The van der Waals surface area contributed by atoms with Crippen LogP contribution in [0.25, 0.3) is 11.0 Å². The van der Waals surface area contributed by atoms with Crippen molar-refractivity contribution in [3.8, 4) is 11.5 Å². The Morgan fingerprint density at radius 2 is 1.94 bits per heavy atom. The number of benzene rings is 2. The number of piperidine rings is 1. The quantitative estimate of drug-likeness (QED) is 0.551. The molecule has 4 rings (SSSR count). The molecule has 0 saturated carbocycles. The number of methoxy groups -OCH3 is 2. The zero-order chi connectivity index (χ0) is 22.0. The predicted octanol–water partition coefficient (Wildman–Crippen LogP) is 4.03. The molecule has 1 fully saturated rings. The number of fused-ring (bicyclic) bond motifs is 1. The number of hydrogen-bond donors (Lipinski definition) is 0. The Morgan fingerprint density at radius 1 is 1.13 bits per heavy atom. The number of aromatic nitrogens is 2. The highest BCUT2D eigenvalue weighted by Crippen LogP contribution is 2.35. The molecule has 0 radical (unpaired) electrons. The highest BCUT2D eigenvalue weighted by molar-refractivity contribution is 7.89. The highest BCUT2D eigenvalue weighted by Gasteiger charge is 2.35. The van der Waals surface area contributed by atoms with Crippen molar-refractivity contribution in [3.05, 3.63) is 48.3 Å². The van der Waals surface area contributed by atoms with Crippen molar-refractivity contribution < 1.29 is 17.9 Å². The van der Waals surface area contributed by atoms with Crippen LogP contribution in [0.2, 0.25) is 0 Å². The second-order valence-electron chi connectivity index (χ2n) is 7.83. The summed E-state index contributed by atoms with van der Waals surface area (Å²) in [7, 11) is -0.742. The molecule has 1 saturated heterocycles. The lowest BCUT2D eigenvalue weighted by Gasteiger charge is -2.32. The van der Waals surface area contributed by atoms with Gasteiger partial charge in [-0.2, -0.15) is 4.31 Å². The molecule has 0 N–H and O–H groups in total. The maximum atomic E-state index is 13.6. The Balaban J connectivity index is 1.70. The first-order chi connectivity index (χ1) is 15.0. The monoisotopic (exact) mass is 443 g/mol. The van der Waals surface area contributed by atoms with E-state index in [0.717, 1.165) is 42.7 Å². The lowest BCUT2D eigenvalue weighted by atomic mass is 9.99. The summed E-state index contributed by atoms with van der Waals surface area (Å²) in [6.07, 6.45) is 2.68. The van der Waals surface area contributed by atoms with Crippen LogP contribution in [-0.2, 0) is 16.6 Å². The summed E-state index contributed by atoms with van der Waals surface area (Å²) in [6.45, 7) is 3.89. The summed E-state index contributed by atoms with van der Waals surface area (Å²) >= 11 is 0. The van der Waals surface area contributed by atoms with Crippen LogP contribution < -0.4 is 9.47 Å². The van der Waals surface area contributed by atoms with Gasteiger partial charge in [-0.3, -0.25) is 0 Å². The SMILES string of the molecule is CCCn1c(C2CCCN(S(=O)(=O)c3cc(OC)ccc3OC)C2)nc2ccccc21. The molecule has 0 amide bonds. The third kappa shape index (κ3) is 4.02. The van der Waals surface area contributed by atoms with Crippen molar-refractivity contribution in [1.82, 2.24) is 13.9 Å². The van der Waals surface area contributed by atoms with Gasteiger partial charge in [0.15, 0.2) is 0 Å².